The highest BCUT2D eigenvalue weighted by Gasteiger charge is 2.33. The van der Waals surface area contributed by atoms with Gasteiger partial charge in [0.25, 0.3) is 0 Å². The number of aliphatic carboxylic acids is 1. The molecule has 2 aromatic rings. The van der Waals surface area contributed by atoms with Gasteiger partial charge in [-0.05, 0) is 22.3 Å². The van der Waals surface area contributed by atoms with Crippen LogP contribution < -0.4 is 0 Å². The van der Waals surface area contributed by atoms with Gasteiger partial charge in [-0.15, -0.1) is 0 Å². The van der Waals surface area contributed by atoms with Crippen molar-refractivity contribution >= 4 is 12.1 Å². The summed E-state index contributed by atoms with van der Waals surface area (Å²) < 4.78 is 16.0. The van der Waals surface area contributed by atoms with Crippen molar-refractivity contribution in [3.63, 3.8) is 0 Å². The Balaban J connectivity index is 1.42. The lowest BCUT2D eigenvalue weighted by Crippen LogP contribution is -2.47. The molecular weight excluding hydrogens is 374 g/mol. The number of carbonyl (C=O) groups excluding carboxylic acids is 1. The van der Waals surface area contributed by atoms with Gasteiger partial charge >= 0.3 is 12.1 Å². The number of amides is 1. The third-order valence-corrected chi connectivity index (χ3v) is 5.47. The summed E-state index contributed by atoms with van der Waals surface area (Å²) in [6, 6.07) is 14.9. The second-order valence-corrected chi connectivity index (χ2v) is 7.19. The summed E-state index contributed by atoms with van der Waals surface area (Å²) in [5.74, 6) is -1.23. The number of hydrogen-bond acceptors (Lipinski definition) is 5. The summed E-state index contributed by atoms with van der Waals surface area (Å²) in [6.45, 7) is 0.585. The fraction of sp³-hybridized carbons (Fsp3) is 0.364. The topological polar surface area (TPSA) is 85.3 Å². The first-order chi connectivity index (χ1) is 14.1. The fourth-order valence-electron chi connectivity index (χ4n) is 3.72. The number of rotatable bonds is 7. The van der Waals surface area contributed by atoms with E-state index in [1.165, 1.54) is 7.05 Å². The highest BCUT2D eigenvalue weighted by molar-refractivity contribution is 5.81. The Hall–Kier alpha value is -2.90. The van der Waals surface area contributed by atoms with E-state index in [-0.39, 0.29) is 19.1 Å². The van der Waals surface area contributed by atoms with Crippen molar-refractivity contribution in [3.05, 3.63) is 59.7 Å². The van der Waals surface area contributed by atoms with Crippen LogP contribution in [0.2, 0.25) is 0 Å². The van der Waals surface area contributed by atoms with Crippen molar-refractivity contribution in [2.24, 2.45) is 0 Å². The zero-order valence-corrected chi connectivity index (χ0v) is 16.1. The molecule has 2 aliphatic rings. The first-order valence-corrected chi connectivity index (χ1v) is 9.60. The molecule has 2 atom stereocenters. The largest absolute Gasteiger partial charge is 0.480 e. The summed E-state index contributed by atoms with van der Waals surface area (Å²) in [6.07, 6.45) is -0.369. The molecule has 0 saturated carbocycles. The smallest absolute Gasteiger partial charge is 0.410 e. The molecule has 0 spiro atoms. The van der Waals surface area contributed by atoms with Gasteiger partial charge in [-0.2, -0.15) is 0 Å². The lowest BCUT2D eigenvalue weighted by Gasteiger charge is -2.30. The first-order valence-electron chi connectivity index (χ1n) is 9.60. The molecule has 0 bridgehead atoms. The second kappa shape index (κ2) is 8.23. The molecule has 152 valence electrons. The van der Waals surface area contributed by atoms with Crippen LogP contribution in [0.5, 0.6) is 0 Å². The highest BCUT2D eigenvalue weighted by atomic mass is 16.7. The minimum absolute atomic E-state index is 0.0809. The molecule has 4 rings (SSSR count). The summed E-state index contributed by atoms with van der Waals surface area (Å²) >= 11 is 0. The normalized spacial score (nSPS) is 18.3. The average molecular weight is 397 g/mol. The summed E-state index contributed by atoms with van der Waals surface area (Å²) in [5.41, 5.74) is 4.47. The highest BCUT2D eigenvalue weighted by Crippen LogP contribution is 2.44. The Kier molecular flexibility index (Phi) is 5.51. The van der Waals surface area contributed by atoms with E-state index in [0.717, 1.165) is 33.6 Å². The van der Waals surface area contributed by atoms with Gasteiger partial charge in [0.2, 0.25) is 0 Å². The maximum atomic E-state index is 12.6. The van der Waals surface area contributed by atoms with Gasteiger partial charge < -0.3 is 19.3 Å². The Morgan fingerprint density at radius 1 is 1.14 bits per heavy atom. The van der Waals surface area contributed by atoms with E-state index < -0.39 is 24.4 Å². The number of ether oxygens (including phenoxy) is 3. The van der Waals surface area contributed by atoms with E-state index in [1.54, 1.807) is 0 Å². The Labute approximate surface area is 168 Å². The van der Waals surface area contributed by atoms with Gasteiger partial charge in [-0.25, -0.2) is 9.59 Å². The molecule has 1 unspecified atom stereocenters. The number of benzene rings is 2. The maximum Gasteiger partial charge on any atom is 0.410 e. The van der Waals surface area contributed by atoms with E-state index in [0.29, 0.717) is 6.61 Å². The van der Waals surface area contributed by atoms with Crippen LogP contribution in [0, 0.1) is 0 Å². The molecule has 2 aromatic carbocycles. The van der Waals surface area contributed by atoms with E-state index in [2.05, 4.69) is 12.1 Å². The van der Waals surface area contributed by atoms with Gasteiger partial charge in [-0.1, -0.05) is 48.5 Å². The third kappa shape index (κ3) is 3.83. The van der Waals surface area contributed by atoms with Crippen LogP contribution in [0.15, 0.2) is 48.5 Å². The minimum atomic E-state index is -1.15. The molecule has 1 aliphatic heterocycles. The van der Waals surface area contributed by atoms with E-state index in [4.69, 9.17) is 14.2 Å². The van der Waals surface area contributed by atoms with Gasteiger partial charge in [0.05, 0.1) is 13.2 Å². The van der Waals surface area contributed by atoms with Crippen molar-refractivity contribution in [1.82, 2.24) is 4.90 Å². The van der Waals surface area contributed by atoms with Gasteiger partial charge in [-0.3, -0.25) is 4.90 Å². The van der Waals surface area contributed by atoms with Gasteiger partial charge in [0, 0.05) is 19.4 Å². The first kappa shape index (κ1) is 19.4. The third-order valence-electron chi connectivity index (χ3n) is 5.47. The lowest BCUT2D eigenvalue weighted by molar-refractivity contribution is -0.220. The molecule has 1 aliphatic carbocycles. The number of carboxylic acid groups (broad SMARTS) is 1. The van der Waals surface area contributed by atoms with Crippen LogP contribution in [-0.2, 0) is 19.0 Å². The number of likely N-dealkylation sites (N-methyl/N-ethyl adjacent to an activating group) is 1. The van der Waals surface area contributed by atoms with E-state index in [9.17, 15) is 14.7 Å². The molecule has 0 radical (unpaired) electrons. The monoisotopic (exact) mass is 397 g/mol. The Morgan fingerprint density at radius 2 is 1.72 bits per heavy atom. The molecule has 1 saturated heterocycles. The quantitative estimate of drug-likeness (QED) is 0.773. The molecule has 1 heterocycles. The number of hydrogen-bond donors (Lipinski definition) is 1. The molecule has 7 heteroatoms. The molecule has 1 amide bonds. The van der Waals surface area contributed by atoms with E-state index >= 15 is 0 Å². The molecule has 1 N–H and O–H groups in total. The number of nitrogens with zero attached hydrogens (tertiary/aromatic N) is 1. The molecule has 29 heavy (non-hydrogen) atoms. The van der Waals surface area contributed by atoms with Crippen molar-refractivity contribution in [2.45, 2.75) is 24.7 Å². The predicted molar refractivity (Wildman–Crippen MR) is 105 cm³/mol. The second-order valence-electron chi connectivity index (χ2n) is 7.19. The SMILES string of the molecule is CN(C(=O)OCC1c2ccccc2-c2ccccc21)[C@H](COC1CCO1)C(=O)O. The Bertz CT molecular complexity index is 864. The van der Waals surface area contributed by atoms with Crippen LogP contribution in [0.25, 0.3) is 11.1 Å². The van der Waals surface area contributed by atoms with Crippen LogP contribution in [0.4, 0.5) is 4.79 Å². The molecule has 1 fully saturated rings. The zero-order valence-electron chi connectivity index (χ0n) is 16.1. The summed E-state index contributed by atoms with van der Waals surface area (Å²) in [4.78, 5) is 25.2. The van der Waals surface area contributed by atoms with E-state index in [1.807, 2.05) is 36.4 Å². The van der Waals surface area contributed by atoms with Gasteiger partial charge in [0.15, 0.2) is 12.3 Å². The summed E-state index contributed by atoms with van der Waals surface area (Å²) in [5, 5.41) is 9.47. The van der Waals surface area contributed by atoms with Crippen molar-refractivity contribution in [3.8, 4) is 11.1 Å². The minimum Gasteiger partial charge on any atom is -0.480 e. The number of carboxylic acids is 1. The number of fused-ring (bicyclic) bond motifs is 3. The fourth-order valence-corrected chi connectivity index (χ4v) is 3.72. The molecule has 7 nitrogen and oxygen atoms in total. The number of carbonyl (C=O) groups is 2. The molecule has 0 aromatic heterocycles. The summed E-state index contributed by atoms with van der Waals surface area (Å²) in [7, 11) is 1.41. The Morgan fingerprint density at radius 3 is 2.24 bits per heavy atom. The van der Waals surface area contributed by atoms with Crippen LogP contribution in [0.3, 0.4) is 0 Å². The van der Waals surface area contributed by atoms with Crippen molar-refractivity contribution < 1.29 is 28.9 Å². The van der Waals surface area contributed by atoms with Crippen molar-refractivity contribution in [2.75, 3.05) is 26.9 Å². The van der Waals surface area contributed by atoms with Crippen LogP contribution >= 0.6 is 0 Å². The zero-order chi connectivity index (χ0) is 20.4. The maximum absolute atomic E-state index is 12.6. The van der Waals surface area contributed by atoms with Crippen LogP contribution in [0.1, 0.15) is 23.5 Å². The van der Waals surface area contributed by atoms with Gasteiger partial charge in [0.1, 0.15) is 6.61 Å². The average Bonchev–Trinajstić information content (AvgIpc) is 3.01. The molecular formula is C22H23NO6. The van der Waals surface area contributed by atoms with Crippen molar-refractivity contribution in [1.29, 1.82) is 0 Å². The standard InChI is InChI=1S/C22H23NO6/c1-23(19(21(24)25)13-28-20-10-11-27-20)22(26)29-12-18-16-8-4-2-6-14(16)15-7-3-5-9-17(15)18/h2-9,18-20H,10-13H2,1H3,(H,24,25)/t19-,20?/m1/s1. The predicted octanol–water partition coefficient (Wildman–Crippen LogP) is 3.08. The van der Waals surface area contributed by atoms with Crippen LogP contribution in [-0.4, -0.2) is 61.3 Å². The lowest BCUT2D eigenvalue weighted by atomic mass is 9.98.